The number of nitrogens with one attached hydrogen (secondary N) is 1. The molecular weight excluding hydrogens is 311 g/mol. The number of aliphatic hydroxyl groups excluding tert-OH is 1. The topological polar surface area (TPSA) is 58.6 Å². The summed E-state index contributed by atoms with van der Waals surface area (Å²) in [6.07, 6.45) is -4.57. The van der Waals surface area contributed by atoms with Gasteiger partial charge in [-0.2, -0.15) is 13.2 Å². The molecule has 0 saturated carbocycles. The number of carbonyl (C=O) groups excluding carboxylic acids is 1. The molecule has 0 aliphatic rings. The van der Waals surface area contributed by atoms with Gasteiger partial charge in [0.05, 0.1) is 18.3 Å². The Morgan fingerprint density at radius 2 is 2.09 bits per heavy atom. The van der Waals surface area contributed by atoms with Crippen molar-refractivity contribution in [2.45, 2.75) is 31.7 Å². The van der Waals surface area contributed by atoms with Crippen LogP contribution in [0.15, 0.2) is 36.9 Å². The molecule has 1 aromatic carbocycles. The van der Waals surface area contributed by atoms with Crippen molar-refractivity contribution in [1.29, 1.82) is 0 Å². The third-order valence-corrected chi connectivity index (χ3v) is 3.15. The highest BCUT2D eigenvalue weighted by atomic mass is 19.4. The van der Waals surface area contributed by atoms with Crippen molar-refractivity contribution < 1.29 is 27.8 Å². The third kappa shape index (κ3) is 6.03. The van der Waals surface area contributed by atoms with Gasteiger partial charge in [-0.05, 0) is 25.0 Å². The highest BCUT2D eigenvalue weighted by Crippen LogP contribution is 2.34. The predicted octanol–water partition coefficient (Wildman–Crippen LogP) is 2.84. The number of hydrogen-bond donors (Lipinski definition) is 2. The number of amides is 1. The van der Waals surface area contributed by atoms with Crippen LogP contribution in [0.1, 0.15) is 30.6 Å². The maximum Gasteiger partial charge on any atom is 0.416 e. The molecule has 0 spiro atoms. The molecule has 0 fully saturated rings. The standard InChI is InChI=1S/C16H20F3NO3/c1-3-4-9-23-11(2)15(22)20-10-14(21)12-7-5-6-8-13(12)16(17,18)19/h3,5-8,11,14,21H,1,4,9-10H2,2H3,(H,20,22). The number of hydrogen-bond acceptors (Lipinski definition) is 3. The summed E-state index contributed by atoms with van der Waals surface area (Å²) in [5, 5.41) is 12.3. The zero-order chi connectivity index (χ0) is 17.5. The van der Waals surface area contributed by atoms with Gasteiger partial charge in [-0.25, -0.2) is 0 Å². The van der Waals surface area contributed by atoms with Gasteiger partial charge in [0, 0.05) is 6.54 Å². The lowest BCUT2D eigenvalue weighted by molar-refractivity contribution is -0.139. The minimum atomic E-state index is -4.57. The van der Waals surface area contributed by atoms with E-state index in [0.717, 1.165) is 6.07 Å². The molecule has 1 amide bonds. The van der Waals surface area contributed by atoms with Crippen LogP contribution >= 0.6 is 0 Å². The van der Waals surface area contributed by atoms with Crippen LogP contribution in [0.2, 0.25) is 0 Å². The normalized spacial score (nSPS) is 14.1. The first-order valence-electron chi connectivity index (χ1n) is 7.11. The number of benzene rings is 1. The average Bonchev–Trinajstić information content (AvgIpc) is 2.51. The van der Waals surface area contributed by atoms with E-state index in [-0.39, 0.29) is 12.1 Å². The maximum absolute atomic E-state index is 12.9. The first-order valence-corrected chi connectivity index (χ1v) is 7.11. The zero-order valence-electron chi connectivity index (χ0n) is 12.8. The molecule has 0 aliphatic heterocycles. The van der Waals surface area contributed by atoms with E-state index in [4.69, 9.17) is 4.74 Å². The third-order valence-electron chi connectivity index (χ3n) is 3.15. The average molecular weight is 331 g/mol. The van der Waals surface area contributed by atoms with Gasteiger partial charge >= 0.3 is 6.18 Å². The van der Waals surface area contributed by atoms with Crippen molar-refractivity contribution in [3.8, 4) is 0 Å². The summed E-state index contributed by atoms with van der Waals surface area (Å²) in [4.78, 5) is 11.8. The van der Waals surface area contributed by atoms with Crippen LogP contribution in [0, 0.1) is 0 Å². The monoisotopic (exact) mass is 331 g/mol. The van der Waals surface area contributed by atoms with E-state index in [1.165, 1.54) is 25.1 Å². The Hall–Kier alpha value is -1.86. The molecule has 2 N–H and O–H groups in total. The van der Waals surface area contributed by atoms with Gasteiger partial charge in [0.15, 0.2) is 0 Å². The number of ether oxygens (including phenoxy) is 1. The van der Waals surface area contributed by atoms with Crippen LogP contribution in [-0.4, -0.2) is 30.3 Å². The fraction of sp³-hybridized carbons (Fsp3) is 0.438. The molecule has 2 atom stereocenters. The number of rotatable bonds is 8. The first-order chi connectivity index (χ1) is 10.8. The van der Waals surface area contributed by atoms with E-state index in [1.54, 1.807) is 6.08 Å². The van der Waals surface area contributed by atoms with E-state index >= 15 is 0 Å². The number of alkyl halides is 3. The van der Waals surface area contributed by atoms with Gasteiger partial charge in [-0.1, -0.05) is 24.3 Å². The molecule has 4 nitrogen and oxygen atoms in total. The largest absolute Gasteiger partial charge is 0.416 e. The van der Waals surface area contributed by atoms with Crippen LogP contribution in [0.3, 0.4) is 0 Å². The summed E-state index contributed by atoms with van der Waals surface area (Å²) in [7, 11) is 0. The maximum atomic E-state index is 12.9. The van der Waals surface area contributed by atoms with Crippen LogP contribution in [0.4, 0.5) is 13.2 Å². The lowest BCUT2D eigenvalue weighted by Gasteiger charge is -2.19. The first kappa shape index (κ1) is 19.2. The molecule has 0 aromatic heterocycles. The van der Waals surface area contributed by atoms with Crippen LogP contribution in [-0.2, 0) is 15.7 Å². The summed E-state index contributed by atoms with van der Waals surface area (Å²) in [6.45, 7) is 5.03. The Balaban J connectivity index is 2.62. The molecule has 7 heteroatoms. The Labute approximate surface area is 133 Å². The molecule has 23 heavy (non-hydrogen) atoms. The van der Waals surface area contributed by atoms with Crippen LogP contribution in [0.5, 0.6) is 0 Å². The highest BCUT2D eigenvalue weighted by Gasteiger charge is 2.34. The van der Waals surface area contributed by atoms with E-state index in [2.05, 4.69) is 11.9 Å². The summed E-state index contributed by atoms with van der Waals surface area (Å²) in [6, 6.07) is 4.72. The van der Waals surface area contributed by atoms with Crippen molar-refractivity contribution in [2.75, 3.05) is 13.2 Å². The van der Waals surface area contributed by atoms with Crippen molar-refractivity contribution in [2.24, 2.45) is 0 Å². The second-order valence-corrected chi connectivity index (χ2v) is 4.94. The second kappa shape index (κ2) is 8.69. The van der Waals surface area contributed by atoms with Crippen LogP contribution < -0.4 is 5.32 Å². The van der Waals surface area contributed by atoms with E-state index in [9.17, 15) is 23.1 Å². The Bertz CT molecular complexity index is 532. The number of halogens is 3. The van der Waals surface area contributed by atoms with Crippen LogP contribution in [0.25, 0.3) is 0 Å². The molecule has 0 bridgehead atoms. The molecule has 0 saturated heterocycles. The predicted molar refractivity (Wildman–Crippen MR) is 79.6 cm³/mol. The van der Waals surface area contributed by atoms with Crippen molar-refractivity contribution in [3.63, 3.8) is 0 Å². The minimum Gasteiger partial charge on any atom is -0.387 e. The lowest BCUT2D eigenvalue weighted by atomic mass is 10.0. The molecule has 128 valence electrons. The smallest absolute Gasteiger partial charge is 0.387 e. The summed E-state index contributed by atoms with van der Waals surface area (Å²) in [5.41, 5.74) is -1.20. The van der Waals surface area contributed by atoms with E-state index in [0.29, 0.717) is 13.0 Å². The fourth-order valence-corrected chi connectivity index (χ4v) is 1.90. The fourth-order valence-electron chi connectivity index (χ4n) is 1.90. The molecule has 0 radical (unpaired) electrons. The van der Waals surface area contributed by atoms with Gasteiger partial charge in [0.2, 0.25) is 5.91 Å². The molecular formula is C16H20F3NO3. The van der Waals surface area contributed by atoms with Crippen molar-refractivity contribution in [1.82, 2.24) is 5.32 Å². The Kier molecular flexibility index (Phi) is 7.25. The van der Waals surface area contributed by atoms with E-state index < -0.39 is 29.9 Å². The lowest BCUT2D eigenvalue weighted by Crippen LogP contribution is -2.37. The number of aliphatic hydroxyl groups is 1. The quantitative estimate of drug-likeness (QED) is 0.569. The molecule has 0 heterocycles. The van der Waals surface area contributed by atoms with Gasteiger partial charge in [0.1, 0.15) is 6.10 Å². The zero-order valence-corrected chi connectivity index (χ0v) is 12.8. The Morgan fingerprint density at radius 1 is 1.43 bits per heavy atom. The second-order valence-electron chi connectivity index (χ2n) is 4.94. The summed E-state index contributed by atoms with van der Waals surface area (Å²) >= 11 is 0. The minimum absolute atomic E-state index is 0.277. The van der Waals surface area contributed by atoms with Gasteiger partial charge < -0.3 is 15.2 Å². The van der Waals surface area contributed by atoms with Gasteiger partial charge in [0.25, 0.3) is 0 Å². The SMILES string of the molecule is C=CCCOC(C)C(=O)NCC(O)c1ccccc1C(F)(F)F. The molecule has 1 rings (SSSR count). The molecule has 2 unspecified atom stereocenters. The van der Waals surface area contributed by atoms with Crippen molar-refractivity contribution in [3.05, 3.63) is 48.0 Å². The van der Waals surface area contributed by atoms with Gasteiger partial charge in [-0.3, -0.25) is 4.79 Å². The van der Waals surface area contributed by atoms with Crippen molar-refractivity contribution >= 4 is 5.91 Å². The number of carbonyl (C=O) groups is 1. The Morgan fingerprint density at radius 3 is 2.70 bits per heavy atom. The molecule has 0 aliphatic carbocycles. The highest BCUT2D eigenvalue weighted by molar-refractivity contribution is 5.80. The van der Waals surface area contributed by atoms with E-state index in [1.807, 2.05) is 0 Å². The summed E-state index contributed by atoms with van der Waals surface area (Å²) < 4.78 is 43.9. The summed E-state index contributed by atoms with van der Waals surface area (Å²) in [5.74, 6) is -0.502. The molecule has 1 aromatic rings. The van der Waals surface area contributed by atoms with Gasteiger partial charge in [-0.15, -0.1) is 6.58 Å².